The van der Waals surface area contributed by atoms with E-state index >= 15 is 0 Å². The van der Waals surface area contributed by atoms with Crippen LogP contribution in [0.5, 0.6) is 0 Å². The second-order valence-corrected chi connectivity index (χ2v) is 15.4. The average molecular weight is 690 g/mol. The molecule has 2 fully saturated rings. The molecule has 3 aromatic heterocycles. The van der Waals surface area contributed by atoms with Crippen LogP contribution in [0, 0.1) is 10.1 Å². The lowest BCUT2D eigenvalue weighted by Crippen LogP contribution is -2.28. The number of rotatable bonds is 11. The Morgan fingerprint density at radius 2 is 1.98 bits per heavy atom. The molecule has 23 heteroatoms. The van der Waals surface area contributed by atoms with Crippen molar-refractivity contribution in [2.45, 2.75) is 50.0 Å². The summed E-state index contributed by atoms with van der Waals surface area (Å²) in [5, 5.41) is 19.3. The smallest absolute Gasteiger partial charge is 0.382 e. The molecule has 0 bridgehead atoms. The number of hydrogen-bond donors (Lipinski definition) is 4. The summed E-state index contributed by atoms with van der Waals surface area (Å²) in [5.74, 6) is 0.171. The summed E-state index contributed by atoms with van der Waals surface area (Å²) in [6.45, 7) is -8.61. The summed E-state index contributed by atoms with van der Waals surface area (Å²) < 4.78 is 43.2. The normalized spacial score (nSPS) is 26.7. The van der Waals surface area contributed by atoms with Gasteiger partial charge in [0, 0.05) is 12.5 Å². The van der Waals surface area contributed by atoms with Crippen molar-refractivity contribution >= 4 is 71.3 Å². The van der Waals surface area contributed by atoms with Gasteiger partial charge < -0.3 is 34.0 Å². The lowest BCUT2D eigenvalue weighted by molar-refractivity contribution is -0.383. The topological polar surface area (TPSA) is 247 Å². The van der Waals surface area contributed by atoms with E-state index in [0.29, 0.717) is 29.5 Å². The van der Waals surface area contributed by atoms with Crippen LogP contribution in [0.4, 0.5) is 11.5 Å². The average Bonchev–Trinajstić information content (AvgIpc) is 3.75. The predicted octanol–water partition coefficient (Wildman–Crippen LogP) is 2.39. The summed E-state index contributed by atoms with van der Waals surface area (Å²) in [6, 6.07) is 4.54. The molecule has 5 heterocycles. The van der Waals surface area contributed by atoms with Gasteiger partial charge in [-0.3, -0.25) is 19.2 Å². The van der Waals surface area contributed by atoms with Gasteiger partial charge in [-0.1, -0.05) is 23.5 Å². The SMILES string of the molecule is Nc1ncnc2c1ncn2[C@H]1C[C@H](OP(O)(=S)OC[C@@H]2CC[C@H](n3nnc4c([N+](=O)[O-])cccc43)O2)[C@@H](COP(=O)(O)S)O1. The van der Waals surface area contributed by atoms with Gasteiger partial charge in [0.15, 0.2) is 23.2 Å². The highest BCUT2D eigenvalue weighted by molar-refractivity contribution is 8.44. The van der Waals surface area contributed by atoms with Crippen LogP contribution in [0.1, 0.15) is 31.7 Å². The van der Waals surface area contributed by atoms with Crippen LogP contribution in [-0.2, 0) is 39.4 Å². The molecule has 19 nitrogen and oxygen atoms in total. The number of nitro groups is 1. The first kappa shape index (κ1) is 31.3. The molecule has 0 aliphatic carbocycles. The molecule has 6 rings (SSSR count). The minimum atomic E-state index is -4.17. The quantitative estimate of drug-likeness (QED) is 0.0764. The first-order valence-corrected chi connectivity index (χ1v) is 18.3. The highest BCUT2D eigenvalue weighted by Gasteiger charge is 2.42. The minimum absolute atomic E-state index is 0.113. The van der Waals surface area contributed by atoms with E-state index in [1.807, 2.05) is 0 Å². The van der Waals surface area contributed by atoms with E-state index in [-0.39, 0.29) is 30.0 Å². The van der Waals surface area contributed by atoms with Gasteiger partial charge in [-0.25, -0.2) is 24.2 Å². The zero-order valence-corrected chi connectivity index (χ0v) is 25.9. The molecule has 0 saturated carbocycles. The van der Waals surface area contributed by atoms with Crippen LogP contribution in [0.2, 0.25) is 0 Å². The van der Waals surface area contributed by atoms with Gasteiger partial charge in [0.2, 0.25) is 0 Å². The molecular formula is C21H25N9O10P2S2. The van der Waals surface area contributed by atoms with Gasteiger partial charge in [0.05, 0.1) is 42.2 Å². The molecule has 2 unspecified atom stereocenters. The van der Waals surface area contributed by atoms with E-state index in [0.717, 1.165) is 0 Å². The summed E-state index contributed by atoms with van der Waals surface area (Å²) in [4.78, 5) is 43.6. The van der Waals surface area contributed by atoms with Gasteiger partial charge in [-0.05, 0) is 30.7 Å². The Bertz CT molecular complexity index is 1800. The standard InChI is InChI=1S/C21H25N9O10P2S2/c22-20-19-21(24-9-23-20)28(10-25-19)17-6-14(15(39-17)8-36-41(33,34)43)40-42(35,44)37-7-11-4-5-16(38-11)29-12-2-1-3-13(30(31)32)18(12)26-27-29/h1-3,9-11,14-17H,4-8H2,(H,35,44)(H2,22,23,24)(H2,33,34,43)/t11-,14-,15+,16+,17+,42?/m0/s1. The molecule has 7 atom stereocenters. The van der Waals surface area contributed by atoms with Crippen molar-refractivity contribution in [3.05, 3.63) is 41.0 Å². The molecule has 4 aromatic rings. The number of aromatic nitrogens is 7. The number of fused-ring (bicyclic) bond motifs is 2. The first-order valence-electron chi connectivity index (χ1n) is 13.0. The highest BCUT2D eigenvalue weighted by Crippen LogP contribution is 2.51. The number of anilines is 1. The third-order valence-corrected chi connectivity index (χ3v) is 9.43. The summed E-state index contributed by atoms with van der Waals surface area (Å²) >= 11 is 8.81. The monoisotopic (exact) mass is 689 g/mol. The molecule has 0 radical (unpaired) electrons. The fraction of sp³-hybridized carbons (Fsp3) is 0.476. The van der Waals surface area contributed by atoms with Crippen LogP contribution in [0.25, 0.3) is 22.2 Å². The van der Waals surface area contributed by atoms with Crippen LogP contribution in [-0.4, -0.2) is 80.7 Å². The van der Waals surface area contributed by atoms with Gasteiger partial charge >= 0.3 is 13.5 Å². The number of nitro benzene ring substituents is 1. The fourth-order valence-electron chi connectivity index (χ4n) is 5.06. The molecule has 44 heavy (non-hydrogen) atoms. The number of nitrogen functional groups attached to an aromatic ring is 1. The number of non-ortho nitro benzene ring substituents is 1. The van der Waals surface area contributed by atoms with E-state index in [9.17, 15) is 24.5 Å². The van der Waals surface area contributed by atoms with Gasteiger partial charge in [-0.2, -0.15) is 0 Å². The molecule has 0 amide bonds. The predicted molar refractivity (Wildman–Crippen MR) is 158 cm³/mol. The third-order valence-electron chi connectivity index (χ3n) is 7.01. The number of thiol groups is 1. The van der Waals surface area contributed by atoms with Crippen LogP contribution >= 0.6 is 25.8 Å². The Morgan fingerprint density at radius 1 is 1.16 bits per heavy atom. The van der Waals surface area contributed by atoms with Gasteiger partial charge in [0.1, 0.15) is 24.2 Å². The number of hydrogen-bond acceptors (Lipinski definition) is 15. The second kappa shape index (κ2) is 12.3. The first-order chi connectivity index (χ1) is 20.9. The Labute approximate surface area is 257 Å². The maximum atomic E-state index is 11.7. The van der Waals surface area contributed by atoms with Crippen molar-refractivity contribution in [2.75, 3.05) is 18.9 Å². The van der Waals surface area contributed by atoms with E-state index in [4.69, 9.17) is 40.6 Å². The number of ether oxygens (including phenoxy) is 2. The summed E-state index contributed by atoms with van der Waals surface area (Å²) in [6.07, 6.45) is 0.135. The highest BCUT2D eigenvalue weighted by atomic mass is 32.7. The van der Waals surface area contributed by atoms with Crippen molar-refractivity contribution in [2.24, 2.45) is 0 Å². The zero-order chi connectivity index (χ0) is 31.2. The van der Waals surface area contributed by atoms with Crippen molar-refractivity contribution < 1.29 is 42.3 Å². The van der Waals surface area contributed by atoms with Crippen LogP contribution in [0.15, 0.2) is 30.9 Å². The van der Waals surface area contributed by atoms with Crippen molar-refractivity contribution in [1.82, 2.24) is 34.5 Å². The van der Waals surface area contributed by atoms with Crippen LogP contribution < -0.4 is 5.73 Å². The Hall–Kier alpha value is -2.68. The molecular weight excluding hydrogens is 664 g/mol. The van der Waals surface area contributed by atoms with Gasteiger partial charge in [0.25, 0.3) is 5.69 Å². The molecule has 1 aromatic carbocycles. The van der Waals surface area contributed by atoms with Gasteiger partial charge in [-0.15, -0.1) is 5.10 Å². The zero-order valence-electron chi connectivity index (χ0n) is 22.4. The van der Waals surface area contributed by atoms with Crippen molar-refractivity contribution in [3.8, 4) is 0 Å². The minimum Gasteiger partial charge on any atom is -0.382 e. The van der Waals surface area contributed by atoms with E-state index in [2.05, 4.69) is 37.5 Å². The summed E-state index contributed by atoms with van der Waals surface area (Å²) in [5.41, 5.74) is 7.04. The largest absolute Gasteiger partial charge is 0.383 e. The molecule has 2 aliphatic rings. The number of nitrogens with two attached hydrogens (primary N) is 1. The molecule has 236 valence electrons. The maximum Gasteiger partial charge on any atom is 0.383 e. The van der Waals surface area contributed by atoms with E-state index < -0.39 is 55.8 Å². The van der Waals surface area contributed by atoms with Crippen molar-refractivity contribution in [3.63, 3.8) is 0 Å². The maximum absolute atomic E-state index is 11.7. The van der Waals surface area contributed by atoms with Crippen LogP contribution in [0.3, 0.4) is 0 Å². The molecule has 2 saturated heterocycles. The molecule has 2 aliphatic heterocycles. The molecule has 4 N–H and O–H groups in total. The van der Waals surface area contributed by atoms with E-state index in [1.165, 1.54) is 23.4 Å². The summed E-state index contributed by atoms with van der Waals surface area (Å²) in [7, 11) is 0. The van der Waals surface area contributed by atoms with Crippen molar-refractivity contribution in [1.29, 1.82) is 0 Å². The third kappa shape index (κ3) is 6.63. The fourth-order valence-corrected chi connectivity index (χ4v) is 7.09. The number of nitrogens with zero attached hydrogens (tertiary/aromatic N) is 8. The Balaban J connectivity index is 1.11. The Kier molecular flexibility index (Phi) is 8.72. The number of benzene rings is 1. The molecule has 0 spiro atoms. The lowest BCUT2D eigenvalue weighted by Gasteiger charge is -2.24. The van der Waals surface area contributed by atoms with E-state index in [1.54, 1.807) is 16.7 Å². The lowest BCUT2D eigenvalue weighted by atomic mass is 10.2. The Morgan fingerprint density at radius 3 is 2.75 bits per heavy atom. The second-order valence-electron chi connectivity index (χ2n) is 9.87. The number of imidazole rings is 1.